The van der Waals surface area contributed by atoms with E-state index in [0.717, 1.165) is 28.4 Å². The van der Waals surface area contributed by atoms with Gasteiger partial charge >= 0.3 is 0 Å². The summed E-state index contributed by atoms with van der Waals surface area (Å²) in [4.78, 5) is 12.9. The van der Waals surface area contributed by atoms with Gasteiger partial charge in [-0.2, -0.15) is 0 Å². The number of benzene rings is 2. The normalized spacial score (nSPS) is 24.8. The van der Waals surface area contributed by atoms with Gasteiger partial charge in [-0.1, -0.05) is 37.3 Å². The molecule has 1 aliphatic heterocycles. The molecule has 2 aromatic rings. The van der Waals surface area contributed by atoms with Gasteiger partial charge in [-0.3, -0.25) is 4.79 Å². The number of carbonyl (C=O) groups is 1. The highest BCUT2D eigenvalue weighted by atomic mass is 16.5. The van der Waals surface area contributed by atoms with Crippen LogP contribution in [0.2, 0.25) is 0 Å². The molecule has 1 heterocycles. The molecule has 4 nitrogen and oxygen atoms in total. The van der Waals surface area contributed by atoms with Crippen molar-refractivity contribution in [1.82, 2.24) is 0 Å². The Morgan fingerprint density at radius 1 is 1.04 bits per heavy atom. The zero-order valence-electron chi connectivity index (χ0n) is 14.5. The molecule has 2 N–H and O–H groups in total. The van der Waals surface area contributed by atoms with Crippen LogP contribution in [0.3, 0.4) is 0 Å². The number of anilines is 2. The van der Waals surface area contributed by atoms with E-state index in [2.05, 4.69) is 23.6 Å². The van der Waals surface area contributed by atoms with Gasteiger partial charge < -0.3 is 15.4 Å². The Labute approximate surface area is 147 Å². The molecular weight excluding hydrogens is 312 g/mol. The Kier molecular flexibility index (Phi) is 3.96. The number of hydrogen-bond acceptors (Lipinski definition) is 4. The van der Waals surface area contributed by atoms with Gasteiger partial charge in [0.05, 0.1) is 30.4 Å². The van der Waals surface area contributed by atoms with Crippen LogP contribution in [0.5, 0.6) is 5.75 Å². The fourth-order valence-electron chi connectivity index (χ4n) is 3.78. The molecule has 0 saturated heterocycles. The molecule has 0 radical (unpaired) electrons. The minimum Gasteiger partial charge on any atom is -0.497 e. The Bertz CT molecular complexity index is 826. The maximum atomic E-state index is 12.9. The Hall–Kier alpha value is -2.75. The van der Waals surface area contributed by atoms with Crippen LogP contribution in [0.1, 0.15) is 24.9 Å². The molecule has 128 valence electrons. The molecule has 4 rings (SSSR count). The fourth-order valence-corrected chi connectivity index (χ4v) is 3.78. The van der Waals surface area contributed by atoms with Crippen molar-refractivity contribution in [3.05, 3.63) is 65.9 Å². The summed E-state index contributed by atoms with van der Waals surface area (Å²) in [5, 5.41) is 7.09. The number of nitrogens with one attached hydrogen (secondary N) is 2. The molecular formula is C21H22N2O2. The highest BCUT2D eigenvalue weighted by molar-refractivity contribution is 5.89. The molecule has 1 aliphatic carbocycles. The van der Waals surface area contributed by atoms with Gasteiger partial charge in [0.2, 0.25) is 0 Å². The number of allylic oxidation sites excluding steroid dienone is 1. The van der Waals surface area contributed by atoms with Crippen molar-refractivity contribution in [3.8, 4) is 5.75 Å². The molecule has 25 heavy (non-hydrogen) atoms. The van der Waals surface area contributed by atoms with Gasteiger partial charge in [0, 0.05) is 12.1 Å². The number of ketones is 1. The lowest BCUT2D eigenvalue weighted by Crippen LogP contribution is -2.33. The smallest absolute Gasteiger partial charge is 0.144 e. The van der Waals surface area contributed by atoms with Crippen molar-refractivity contribution in [2.24, 2.45) is 11.8 Å². The van der Waals surface area contributed by atoms with E-state index in [-0.39, 0.29) is 23.7 Å². The van der Waals surface area contributed by atoms with Crippen LogP contribution in [0.25, 0.3) is 0 Å². The number of carbonyl (C=O) groups excluding carboxylic acids is 1. The summed E-state index contributed by atoms with van der Waals surface area (Å²) in [5.74, 6) is 1.14. The van der Waals surface area contributed by atoms with E-state index in [9.17, 15) is 4.79 Å². The number of rotatable bonds is 2. The number of methoxy groups -OCH3 is 1. The second-order valence-electron chi connectivity index (χ2n) is 6.81. The average Bonchev–Trinajstić information content (AvgIpc) is 2.78. The zero-order valence-corrected chi connectivity index (χ0v) is 14.5. The number of ether oxygens (including phenoxy) is 1. The largest absolute Gasteiger partial charge is 0.497 e. The quantitative estimate of drug-likeness (QED) is 0.855. The molecule has 0 spiro atoms. The van der Waals surface area contributed by atoms with Crippen LogP contribution in [0, 0.1) is 11.8 Å². The number of fused-ring (bicyclic) bond motifs is 2. The summed E-state index contributed by atoms with van der Waals surface area (Å²) in [5.41, 5.74) is 4.11. The summed E-state index contributed by atoms with van der Waals surface area (Å²) in [7, 11) is 1.66. The van der Waals surface area contributed by atoms with Gasteiger partial charge in [0.15, 0.2) is 0 Å². The molecule has 0 bridgehead atoms. The first-order valence-electron chi connectivity index (χ1n) is 8.66. The van der Waals surface area contributed by atoms with Crippen molar-refractivity contribution in [2.45, 2.75) is 19.4 Å². The van der Waals surface area contributed by atoms with Crippen LogP contribution >= 0.6 is 0 Å². The SMILES string of the molecule is COc1ccc([C@H]2Nc3ccccc3NC3=C[C@@H](C)CC(=O)[C@@H]32)cc1. The molecule has 0 saturated carbocycles. The second kappa shape index (κ2) is 6.28. The summed E-state index contributed by atoms with van der Waals surface area (Å²) >= 11 is 0. The summed E-state index contributed by atoms with van der Waals surface area (Å²) in [6.07, 6.45) is 2.78. The second-order valence-corrected chi connectivity index (χ2v) is 6.81. The highest BCUT2D eigenvalue weighted by Gasteiger charge is 2.38. The van der Waals surface area contributed by atoms with E-state index in [1.54, 1.807) is 7.11 Å². The molecule has 3 atom stereocenters. The van der Waals surface area contributed by atoms with E-state index in [4.69, 9.17) is 4.74 Å². The van der Waals surface area contributed by atoms with Crippen LogP contribution in [0.4, 0.5) is 11.4 Å². The van der Waals surface area contributed by atoms with Gasteiger partial charge in [-0.05, 0) is 35.7 Å². The van der Waals surface area contributed by atoms with Gasteiger partial charge in [-0.15, -0.1) is 0 Å². The lowest BCUT2D eigenvalue weighted by Gasteiger charge is -2.31. The van der Waals surface area contributed by atoms with E-state index < -0.39 is 0 Å². The Morgan fingerprint density at radius 2 is 1.76 bits per heavy atom. The van der Waals surface area contributed by atoms with Crippen LogP contribution < -0.4 is 15.4 Å². The third kappa shape index (κ3) is 2.88. The molecule has 2 aliphatic rings. The number of Topliss-reactive ketones (excluding diaryl/α,β-unsaturated/α-hetero) is 1. The third-order valence-electron chi connectivity index (χ3n) is 4.99. The zero-order chi connectivity index (χ0) is 17.4. The molecule has 0 unspecified atom stereocenters. The summed E-state index contributed by atoms with van der Waals surface area (Å²) < 4.78 is 5.27. The van der Waals surface area contributed by atoms with Gasteiger partial charge in [0.25, 0.3) is 0 Å². The van der Waals surface area contributed by atoms with Crippen molar-refractivity contribution in [2.75, 3.05) is 17.7 Å². The molecule has 0 amide bonds. The Balaban J connectivity index is 1.82. The molecule has 0 fully saturated rings. The molecule has 0 aromatic heterocycles. The van der Waals surface area contributed by atoms with Crippen LogP contribution in [-0.2, 0) is 4.79 Å². The van der Waals surface area contributed by atoms with Gasteiger partial charge in [0.1, 0.15) is 11.5 Å². The minimum absolute atomic E-state index is 0.103. The first-order valence-corrected chi connectivity index (χ1v) is 8.66. The maximum Gasteiger partial charge on any atom is 0.144 e. The number of hydrogen-bond donors (Lipinski definition) is 2. The fraction of sp³-hybridized carbons (Fsp3) is 0.286. The van der Waals surface area contributed by atoms with E-state index in [0.29, 0.717) is 6.42 Å². The van der Waals surface area contributed by atoms with Gasteiger partial charge in [-0.25, -0.2) is 0 Å². The lowest BCUT2D eigenvalue weighted by molar-refractivity contribution is -0.123. The van der Waals surface area contributed by atoms with E-state index in [1.165, 1.54) is 0 Å². The molecule has 2 aromatic carbocycles. The van der Waals surface area contributed by atoms with Crippen molar-refractivity contribution >= 4 is 17.2 Å². The molecule has 4 heteroatoms. The highest BCUT2D eigenvalue weighted by Crippen LogP contribution is 2.42. The summed E-state index contributed by atoms with van der Waals surface area (Å²) in [6, 6.07) is 16.0. The van der Waals surface area contributed by atoms with Crippen molar-refractivity contribution < 1.29 is 9.53 Å². The van der Waals surface area contributed by atoms with Crippen LogP contribution in [0.15, 0.2) is 60.3 Å². The van der Waals surface area contributed by atoms with Crippen molar-refractivity contribution in [3.63, 3.8) is 0 Å². The van der Waals surface area contributed by atoms with Crippen LogP contribution in [-0.4, -0.2) is 12.9 Å². The van der Waals surface area contributed by atoms with E-state index in [1.807, 2.05) is 48.5 Å². The number of para-hydroxylation sites is 2. The first kappa shape index (κ1) is 15.8. The topological polar surface area (TPSA) is 50.4 Å². The van der Waals surface area contributed by atoms with E-state index >= 15 is 0 Å². The maximum absolute atomic E-state index is 12.9. The standard InChI is InChI=1S/C21H22N2O2/c1-13-11-18-20(19(24)12-13)21(14-7-9-15(25-2)10-8-14)23-17-6-4-3-5-16(17)22-18/h3-11,13,20-23H,12H2,1-2H3/t13-,20-,21-/m1/s1. The lowest BCUT2D eigenvalue weighted by atomic mass is 9.79. The minimum atomic E-state index is -0.211. The predicted octanol–water partition coefficient (Wildman–Crippen LogP) is 4.38. The predicted molar refractivity (Wildman–Crippen MR) is 99.8 cm³/mol. The first-order chi connectivity index (χ1) is 12.2. The van der Waals surface area contributed by atoms with Crippen molar-refractivity contribution in [1.29, 1.82) is 0 Å². The monoisotopic (exact) mass is 334 g/mol. The Morgan fingerprint density at radius 3 is 2.48 bits per heavy atom. The summed E-state index contributed by atoms with van der Waals surface area (Å²) in [6.45, 7) is 2.09. The third-order valence-corrected chi connectivity index (χ3v) is 4.99. The average molecular weight is 334 g/mol.